The fourth-order valence-electron chi connectivity index (χ4n) is 2.93. The average molecular weight is 462 g/mol. The Bertz CT molecular complexity index is 719. The zero-order chi connectivity index (χ0) is 18.2. The summed E-state index contributed by atoms with van der Waals surface area (Å²) in [6, 6.07) is 13.1. The lowest BCUT2D eigenvalue weighted by Crippen LogP contribution is -2.08. The molecular weight excluding hydrogens is 436 g/mol. The van der Waals surface area contributed by atoms with Crippen molar-refractivity contribution in [2.24, 2.45) is 0 Å². The van der Waals surface area contributed by atoms with E-state index in [1.165, 1.54) is 42.4 Å². The van der Waals surface area contributed by atoms with Gasteiger partial charge in [-0.2, -0.15) is 0 Å². The molecule has 132 valence electrons. The number of halogens is 2. The molecule has 0 atom stereocenters. The molecule has 0 N–H and O–H groups in total. The molecule has 0 saturated carbocycles. The highest BCUT2D eigenvalue weighted by atomic mass is 79.9. The number of hydrogen-bond acceptors (Lipinski definition) is 0. The molecular formula is C23H26Br2. The van der Waals surface area contributed by atoms with Gasteiger partial charge in [0.05, 0.1) is 0 Å². The van der Waals surface area contributed by atoms with Crippen molar-refractivity contribution in [3.63, 3.8) is 0 Å². The first kappa shape index (κ1) is 20.2. The third kappa shape index (κ3) is 5.97. The van der Waals surface area contributed by atoms with Crippen LogP contribution in [0.5, 0.6) is 0 Å². The molecule has 0 nitrogen and oxygen atoms in total. The molecule has 2 heteroatoms. The van der Waals surface area contributed by atoms with Gasteiger partial charge in [-0.25, -0.2) is 0 Å². The van der Waals surface area contributed by atoms with Crippen LogP contribution >= 0.6 is 31.9 Å². The molecule has 2 aliphatic rings. The number of benzene rings is 2. The van der Waals surface area contributed by atoms with E-state index in [2.05, 4.69) is 87.3 Å². The molecule has 0 heterocycles. The maximum Gasteiger partial charge on any atom is 0.0189 e. The molecule has 0 unspecified atom stereocenters. The fraction of sp³-hybridized carbons (Fsp3) is 0.304. The van der Waals surface area contributed by atoms with Crippen LogP contribution in [0.3, 0.4) is 0 Å². The molecule has 0 bridgehead atoms. The van der Waals surface area contributed by atoms with Crippen LogP contribution in [0.1, 0.15) is 48.9 Å². The van der Waals surface area contributed by atoms with Gasteiger partial charge in [-0.05, 0) is 78.6 Å². The molecule has 2 aromatic carbocycles. The van der Waals surface area contributed by atoms with Crippen LogP contribution < -0.4 is 0 Å². The largest absolute Gasteiger partial charge is 0.0842 e. The van der Waals surface area contributed by atoms with E-state index in [4.69, 9.17) is 0 Å². The molecule has 0 spiro atoms. The van der Waals surface area contributed by atoms with Crippen molar-refractivity contribution >= 4 is 37.4 Å². The Hall–Kier alpha value is -1.12. The van der Waals surface area contributed by atoms with Gasteiger partial charge >= 0.3 is 0 Å². The zero-order valence-electron chi connectivity index (χ0n) is 15.3. The van der Waals surface area contributed by atoms with Crippen LogP contribution in [-0.4, -0.2) is 0 Å². The Kier molecular flexibility index (Phi) is 8.18. The monoisotopic (exact) mass is 460 g/mol. The van der Waals surface area contributed by atoms with Gasteiger partial charge in [0.1, 0.15) is 0 Å². The molecule has 0 radical (unpaired) electrons. The molecule has 0 aromatic heterocycles. The molecule has 0 fully saturated rings. The Morgan fingerprint density at radius 2 is 1.48 bits per heavy atom. The van der Waals surface area contributed by atoms with Gasteiger partial charge in [0.15, 0.2) is 0 Å². The predicted molar refractivity (Wildman–Crippen MR) is 118 cm³/mol. The van der Waals surface area contributed by atoms with E-state index in [0.717, 1.165) is 8.95 Å². The molecule has 25 heavy (non-hydrogen) atoms. The van der Waals surface area contributed by atoms with E-state index in [9.17, 15) is 0 Å². The van der Waals surface area contributed by atoms with Crippen molar-refractivity contribution in [3.05, 3.63) is 85.8 Å². The van der Waals surface area contributed by atoms with Gasteiger partial charge in [0.25, 0.3) is 0 Å². The average Bonchev–Trinajstić information content (AvgIpc) is 2.58. The minimum Gasteiger partial charge on any atom is -0.0842 e. The quantitative estimate of drug-likeness (QED) is 0.402. The smallest absolute Gasteiger partial charge is 0.0189 e. The number of allylic oxidation sites excluding steroid dienone is 4. The first-order valence-corrected chi connectivity index (χ1v) is 10.6. The Morgan fingerprint density at radius 3 is 1.96 bits per heavy atom. The molecule has 2 aromatic rings. The van der Waals surface area contributed by atoms with Crippen molar-refractivity contribution in [1.82, 2.24) is 0 Å². The maximum absolute atomic E-state index is 3.38. The lowest BCUT2D eigenvalue weighted by molar-refractivity contribution is 0.838. The van der Waals surface area contributed by atoms with Crippen molar-refractivity contribution in [3.8, 4) is 0 Å². The van der Waals surface area contributed by atoms with E-state index in [1.54, 1.807) is 11.1 Å². The lowest BCUT2D eigenvalue weighted by atomic mass is 9.85. The molecule has 0 saturated heterocycles. The van der Waals surface area contributed by atoms with Gasteiger partial charge in [-0.1, -0.05) is 82.1 Å². The third-order valence-corrected chi connectivity index (χ3v) is 5.18. The second-order valence-corrected chi connectivity index (χ2v) is 7.92. The first-order chi connectivity index (χ1) is 12.1. The lowest BCUT2D eigenvalue weighted by Gasteiger charge is -2.20. The van der Waals surface area contributed by atoms with Crippen molar-refractivity contribution < 1.29 is 0 Å². The highest BCUT2D eigenvalue weighted by Gasteiger charge is 2.14. The molecule has 2 aliphatic carbocycles. The van der Waals surface area contributed by atoms with Crippen LogP contribution in [-0.2, 0) is 12.8 Å². The Balaban J connectivity index is 0.000000179. The van der Waals surface area contributed by atoms with Gasteiger partial charge in [-0.15, -0.1) is 0 Å². The van der Waals surface area contributed by atoms with Crippen LogP contribution in [0.2, 0.25) is 0 Å². The summed E-state index contributed by atoms with van der Waals surface area (Å²) in [6.07, 6.45) is 11.6. The summed E-state index contributed by atoms with van der Waals surface area (Å²) in [7, 11) is 0. The molecule has 0 aliphatic heterocycles. The third-order valence-electron chi connectivity index (χ3n) is 4.26. The summed E-state index contributed by atoms with van der Waals surface area (Å²) in [4.78, 5) is 0. The van der Waals surface area contributed by atoms with Crippen molar-refractivity contribution in [1.29, 1.82) is 0 Å². The highest BCUT2D eigenvalue weighted by Crippen LogP contribution is 2.29. The Morgan fingerprint density at radius 1 is 0.800 bits per heavy atom. The second kappa shape index (κ2) is 10.1. The van der Waals surface area contributed by atoms with Crippen LogP contribution in [0, 0.1) is 6.92 Å². The topological polar surface area (TPSA) is 0 Å². The van der Waals surface area contributed by atoms with E-state index < -0.39 is 0 Å². The summed E-state index contributed by atoms with van der Waals surface area (Å²) >= 11 is 6.77. The second-order valence-electron chi connectivity index (χ2n) is 6.09. The predicted octanol–water partition coefficient (Wildman–Crippen LogP) is 8.06. The summed E-state index contributed by atoms with van der Waals surface area (Å²) < 4.78 is 2.24. The van der Waals surface area contributed by atoms with Gasteiger partial charge in [-0.3, -0.25) is 0 Å². The standard InChI is InChI=1S/C14H14.C7H6Br2.C2H6/c1-2-4-11(5-3-1)13-8-6-12-7-9-14(12)10-13;1-5-2-6(8)4-7(9)3-5;1-2/h1-2,4,6,8,10H,3,5,7,9H2;2-4H,1H3;1-2H3. The van der Waals surface area contributed by atoms with Crippen LogP contribution in [0.4, 0.5) is 0 Å². The summed E-state index contributed by atoms with van der Waals surface area (Å²) in [5.41, 5.74) is 7.32. The maximum atomic E-state index is 3.38. The van der Waals surface area contributed by atoms with E-state index in [-0.39, 0.29) is 0 Å². The molecule has 0 amide bonds. The van der Waals surface area contributed by atoms with Crippen LogP contribution in [0.25, 0.3) is 5.57 Å². The normalized spacial score (nSPS) is 14.0. The zero-order valence-corrected chi connectivity index (χ0v) is 18.5. The van der Waals surface area contributed by atoms with Gasteiger partial charge in [0.2, 0.25) is 0 Å². The number of rotatable bonds is 1. The number of hydrogen-bond donors (Lipinski definition) is 0. The van der Waals surface area contributed by atoms with E-state index in [1.807, 2.05) is 19.9 Å². The number of aryl methyl sites for hydroxylation is 3. The summed E-state index contributed by atoms with van der Waals surface area (Å²) in [5.74, 6) is 0. The minimum atomic E-state index is 1.12. The van der Waals surface area contributed by atoms with Gasteiger partial charge in [0, 0.05) is 8.95 Å². The van der Waals surface area contributed by atoms with E-state index >= 15 is 0 Å². The van der Waals surface area contributed by atoms with Crippen molar-refractivity contribution in [2.45, 2.75) is 46.5 Å². The summed E-state index contributed by atoms with van der Waals surface area (Å²) in [6.45, 7) is 6.06. The van der Waals surface area contributed by atoms with Crippen LogP contribution in [0.15, 0.2) is 63.6 Å². The minimum absolute atomic E-state index is 1.12. The SMILES string of the molecule is C1=CCCC(c2ccc3c(c2)CC3)=C1.CC.Cc1cc(Br)cc(Br)c1. The highest BCUT2D eigenvalue weighted by molar-refractivity contribution is 9.11. The fourth-order valence-corrected chi connectivity index (χ4v) is 4.45. The molecule has 4 rings (SSSR count). The Labute approximate surface area is 169 Å². The van der Waals surface area contributed by atoms with Gasteiger partial charge < -0.3 is 0 Å². The van der Waals surface area contributed by atoms with E-state index in [0.29, 0.717) is 0 Å². The summed E-state index contributed by atoms with van der Waals surface area (Å²) in [5, 5.41) is 0. The van der Waals surface area contributed by atoms with Crippen molar-refractivity contribution in [2.75, 3.05) is 0 Å². The first-order valence-electron chi connectivity index (χ1n) is 9.02. The number of fused-ring (bicyclic) bond motifs is 1.